The van der Waals surface area contributed by atoms with Gasteiger partial charge < -0.3 is 4.98 Å². The summed E-state index contributed by atoms with van der Waals surface area (Å²) < 4.78 is 12.3. The first kappa shape index (κ1) is 6.79. The SMILES string of the molecule is FC1CN(Cc2cnc[nH]2)C1. The summed E-state index contributed by atoms with van der Waals surface area (Å²) in [6.45, 7) is 1.93. The highest BCUT2D eigenvalue weighted by Gasteiger charge is 2.25. The van der Waals surface area contributed by atoms with Crippen LogP contribution in [0.2, 0.25) is 0 Å². The van der Waals surface area contributed by atoms with Crippen molar-refractivity contribution in [3.8, 4) is 0 Å². The van der Waals surface area contributed by atoms with Crippen LogP contribution in [0.1, 0.15) is 5.69 Å². The Bertz CT molecular complexity index is 216. The van der Waals surface area contributed by atoms with Crippen LogP contribution in [0.3, 0.4) is 0 Å². The summed E-state index contributed by atoms with van der Waals surface area (Å²) in [6, 6.07) is 0. The van der Waals surface area contributed by atoms with Crippen molar-refractivity contribution in [1.82, 2.24) is 14.9 Å². The van der Waals surface area contributed by atoms with Gasteiger partial charge in [0.25, 0.3) is 0 Å². The van der Waals surface area contributed by atoms with E-state index in [0.29, 0.717) is 13.1 Å². The van der Waals surface area contributed by atoms with E-state index >= 15 is 0 Å². The van der Waals surface area contributed by atoms with Gasteiger partial charge in [0.1, 0.15) is 6.17 Å². The number of hydrogen-bond donors (Lipinski definition) is 1. The third-order valence-electron chi connectivity index (χ3n) is 1.86. The highest BCUT2D eigenvalue weighted by molar-refractivity contribution is 4.96. The number of aromatic amines is 1. The van der Waals surface area contributed by atoms with Crippen LogP contribution in [0.5, 0.6) is 0 Å². The average Bonchev–Trinajstić information content (AvgIpc) is 2.36. The summed E-state index contributed by atoms with van der Waals surface area (Å²) in [5.41, 5.74) is 1.05. The molecule has 4 heteroatoms. The molecular weight excluding hydrogens is 145 g/mol. The largest absolute Gasteiger partial charge is 0.347 e. The highest BCUT2D eigenvalue weighted by Crippen LogP contribution is 2.13. The van der Waals surface area contributed by atoms with E-state index in [1.165, 1.54) is 0 Å². The summed E-state index contributed by atoms with van der Waals surface area (Å²) in [5.74, 6) is 0. The van der Waals surface area contributed by atoms with Gasteiger partial charge in [0.2, 0.25) is 0 Å². The number of nitrogens with zero attached hydrogens (tertiary/aromatic N) is 2. The van der Waals surface area contributed by atoms with Gasteiger partial charge in [0.15, 0.2) is 0 Å². The monoisotopic (exact) mass is 155 g/mol. The number of imidazole rings is 1. The van der Waals surface area contributed by atoms with Crippen molar-refractivity contribution in [3.63, 3.8) is 0 Å². The number of H-pyrrole nitrogens is 1. The van der Waals surface area contributed by atoms with Gasteiger partial charge in [-0.2, -0.15) is 0 Å². The molecule has 1 aromatic rings. The lowest BCUT2D eigenvalue weighted by Gasteiger charge is -2.33. The van der Waals surface area contributed by atoms with Crippen molar-refractivity contribution >= 4 is 0 Å². The van der Waals surface area contributed by atoms with Crippen LogP contribution in [0.15, 0.2) is 12.5 Å². The Kier molecular flexibility index (Phi) is 1.62. The first-order valence-corrected chi connectivity index (χ1v) is 3.68. The number of nitrogens with one attached hydrogen (secondary N) is 1. The Labute approximate surface area is 64.2 Å². The molecule has 0 aromatic carbocycles. The smallest absolute Gasteiger partial charge is 0.125 e. The molecule has 3 nitrogen and oxygen atoms in total. The second kappa shape index (κ2) is 2.62. The number of rotatable bonds is 2. The molecule has 11 heavy (non-hydrogen) atoms. The van der Waals surface area contributed by atoms with E-state index in [1.807, 2.05) is 4.90 Å². The lowest BCUT2D eigenvalue weighted by atomic mass is 10.2. The molecule has 1 saturated heterocycles. The van der Waals surface area contributed by atoms with E-state index in [9.17, 15) is 4.39 Å². The quantitative estimate of drug-likeness (QED) is 0.676. The maximum absolute atomic E-state index is 12.3. The summed E-state index contributed by atoms with van der Waals surface area (Å²) in [6.07, 6.45) is 2.80. The predicted molar refractivity (Wildman–Crippen MR) is 38.8 cm³/mol. The minimum absolute atomic E-state index is 0.568. The maximum Gasteiger partial charge on any atom is 0.125 e. The topological polar surface area (TPSA) is 31.9 Å². The van der Waals surface area contributed by atoms with Gasteiger partial charge in [-0.3, -0.25) is 4.90 Å². The molecule has 0 spiro atoms. The zero-order chi connectivity index (χ0) is 7.68. The van der Waals surface area contributed by atoms with Crippen molar-refractivity contribution in [2.45, 2.75) is 12.7 Å². The molecule has 1 fully saturated rings. The molecule has 60 valence electrons. The van der Waals surface area contributed by atoms with Crippen molar-refractivity contribution in [3.05, 3.63) is 18.2 Å². The molecule has 1 aliphatic heterocycles. The predicted octanol–water partition coefficient (Wildman–Crippen LogP) is 0.563. The summed E-state index contributed by atoms with van der Waals surface area (Å²) in [7, 11) is 0. The third-order valence-corrected chi connectivity index (χ3v) is 1.86. The van der Waals surface area contributed by atoms with Gasteiger partial charge in [0.05, 0.1) is 6.33 Å². The normalized spacial score (nSPS) is 20.1. The van der Waals surface area contributed by atoms with Crippen molar-refractivity contribution in [2.75, 3.05) is 13.1 Å². The molecular formula is C7H10FN3. The molecule has 0 bridgehead atoms. The average molecular weight is 155 g/mol. The summed E-state index contributed by atoms with van der Waals surface area (Å²) in [4.78, 5) is 8.89. The third kappa shape index (κ3) is 1.40. The van der Waals surface area contributed by atoms with E-state index < -0.39 is 6.17 Å². The molecule has 1 aliphatic rings. The van der Waals surface area contributed by atoms with Crippen molar-refractivity contribution in [1.29, 1.82) is 0 Å². The second-order valence-electron chi connectivity index (χ2n) is 2.87. The standard InChI is InChI=1S/C7H10FN3/c8-6-2-11(3-6)4-7-1-9-5-10-7/h1,5-6H,2-4H2,(H,9,10). The lowest BCUT2D eigenvalue weighted by Crippen LogP contribution is -2.47. The van der Waals surface area contributed by atoms with Crippen LogP contribution in [0.4, 0.5) is 4.39 Å². The van der Waals surface area contributed by atoms with Crippen LogP contribution >= 0.6 is 0 Å². The molecule has 2 heterocycles. The maximum atomic E-state index is 12.3. The van der Waals surface area contributed by atoms with E-state index in [4.69, 9.17) is 0 Å². The number of halogens is 1. The minimum atomic E-state index is -0.613. The van der Waals surface area contributed by atoms with Crippen molar-refractivity contribution < 1.29 is 4.39 Å². The van der Waals surface area contributed by atoms with Crippen LogP contribution in [0.25, 0.3) is 0 Å². The number of aromatic nitrogens is 2. The van der Waals surface area contributed by atoms with Crippen LogP contribution in [-0.4, -0.2) is 34.1 Å². The number of hydrogen-bond acceptors (Lipinski definition) is 2. The fourth-order valence-electron chi connectivity index (χ4n) is 1.25. The highest BCUT2D eigenvalue weighted by atomic mass is 19.1. The molecule has 1 aromatic heterocycles. The fraction of sp³-hybridized carbons (Fsp3) is 0.571. The van der Waals surface area contributed by atoms with Crippen LogP contribution < -0.4 is 0 Å². The zero-order valence-corrected chi connectivity index (χ0v) is 6.13. The second-order valence-corrected chi connectivity index (χ2v) is 2.87. The van der Waals surface area contributed by atoms with Gasteiger partial charge >= 0.3 is 0 Å². The van der Waals surface area contributed by atoms with Gasteiger partial charge in [-0.25, -0.2) is 9.37 Å². The van der Waals surface area contributed by atoms with Crippen LogP contribution in [0, 0.1) is 0 Å². The van der Waals surface area contributed by atoms with Gasteiger partial charge in [0, 0.05) is 31.5 Å². The Morgan fingerprint density at radius 1 is 1.73 bits per heavy atom. The van der Waals surface area contributed by atoms with Crippen LogP contribution in [-0.2, 0) is 6.54 Å². The van der Waals surface area contributed by atoms with E-state index in [-0.39, 0.29) is 0 Å². The molecule has 0 unspecified atom stereocenters. The number of likely N-dealkylation sites (tertiary alicyclic amines) is 1. The molecule has 0 radical (unpaired) electrons. The number of alkyl halides is 1. The zero-order valence-electron chi connectivity index (χ0n) is 6.13. The molecule has 0 saturated carbocycles. The molecule has 2 rings (SSSR count). The Morgan fingerprint density at radius 3 is 3.09 bits per heavy atom. The van der Waals surface area contributed by atoms with Gasteiger partial charge in [-0.05, 0) is 0 Å². The fourth-order valence-corrected chi connectivity index (χ4v) is 1.25. The van der Waals surface area contributed by atoms with Gasteiger partial charge in [-0.1, -0.05) is 0 Å². The van der Waals surface area contributed by atoms with Crippen molar-refractivity contribution in [2.24, 2.45) is 0 Å². The minimum Gasteiger partial charge on any atom is -0.347 e. The molecule has 0 aliphatic carbocycles. The Hall–Kier alpha value is -0.900. The molecule has 0 atom stereocenters. The first-order chi connectivity index (χ1) is 5.34. The Morgan fingerprint density at radius 2 is 2.55 bits per heavy atom. The molecule has 0 amide bonds. The van der Waals surface area contributed by atoms with E-state index in [2.05, 4.69) is 9.97 Å². The van der Waals surface area contributed by atoms with Gasteiger partial charge in [-0.15, -0.1) is 0 Å². The van der Waals surface area contributed by atoms with E-state index in [1.54, 1.807) is 12.5 Å². The summed E-state index contributed by atoms with van der Waals surface area (Å²) >= 11 is 0. The Balaban J connectivity index is 1.84. The lowest BCUT2D eigenvalue weighted by molar-refractivity contribution is 0.0581. The summed E-state index contributed by atoms with van der Waals surface area (Å²) in [5, 5.41) is 0. The molecule has 1 N–H and O–H groups in total. The first-order valence-electron chi connectivity index (χ1n) is 3.68. The van der Waals surface area contributed by atoms with E-state index in [0.717, 1.165) is 12.2 Å².